The second-order valence-electron chi connectivity index (χ2n) is 8.19. The lowest BCUT2D eigenvalue weighted by Gasteiger charge is -2.25. The normalized spacial score (nSPS) is 16.5. The van der Waals surface area contributed by atoms with Crippen LogP contribution in [0.4, 0.5) is 4.39 Å². The number of rotatable bonds is 7. The molecule has 0 N–H and O–H groups in total. The molecule has 3 rings (SSSR count). The van der Waals surface area contributed by atoms with Gasteiger partial charge in [0.1, 0.15) is 5.82 Å². The summed E-state index contributed by atoms with van der Waals surface area (Å²) in [4.78, 5) is 14.6. The van der Waals surface area contributed by atoms with E-state index in [2.05, 4.69) is 0 Å². The van der Waals surface area contributed by atoms with Crippen molar-refractivity contribution in [1.29, 1.82) is 0 Å². The number of benzene rings is 2. The Balaban J connectivity index is 1.58. The third-order valence-electron chi connectivity index (χ3n) is 6.08. The van der Waals surface area contributed by atoms with Gasteiger partial charge in [0, 0.05) is 26.6 Å². The van der Waals surface area contributed by atoms with Crippen molar-refractivity contribution >= 4 is 15.9 Å². The minimum atomic E-state index is -3.46. The van der Waals surface area contributed by atoms with Crippen LogP contribution in [0.25, 0.3) is 0 Å². The summed E-state index contributed by atoms with van der Waals surface area (Å²) in [6.07, 6.45) is 4.82. The molecule has 2 aromatic carbocycles. The molecule has 1 atom stereocenters. The summed E-state index contributed by atoms with van der Waals surface area (Å²) in [5, 5.41) is 0. The Morgan fingerprint density at radius 1 is 1.00 bits per heavy atom. The van der Waals surface area contributed by atoms with Gasteiger partial charge < -0.3 is 4.90 Å². The number of carbonyl (C=O) groups is 1. The van der Waals surface area contributed by atoms with E-state index in [1.807, 2.05) is 6.92 Å². The van der Waals surface area contributed by atoms with Gasteiger partial charge >= 0.3 is 0 Å². The quantitative estimate of drug-likeness (QED) is 0.627. The lowest BCUT2D eigenvalue weighted by Crippen LogP contribution is -2.31. The molecule has 31 heavy (non-hydrogen) atoms. The van der Waals surface area contributed by atoms with Crippen molar-refractivity contribution in [2.24, 2.45) is 0 Å². The Morgan fingerprint density at radius 3 is 2.16 bits per heavy atom. The van der Waals surface area contributed by atoms with Gasteiger partial charge in [-0.1, -0.05) is 37.1 Å². The highest BCUT2D eigenvalue weighted by Gasteiger charge is 2.25. The molecule has 168 valence electrons. The molecule has 1 heterocycles. The highest BCUT2D eigenvalue weighted by molar-refractivity contribution is 7.89. The minimum absolute atomic E-state index is 0.0157. The van der Waals surface area contributed by atoms with Crippen molar-refractivity contribution in [3.8, 4) is 0 Å². The number of nitrogens with zero attached hydrogens (tertiary/aromatic N) is 2. The van der Waals surface area contributed by atoms with Gasteiger partial charge in [-0.05, 0) is 61.6 Å². The van der Waals surface area contributed by atoms with Crippen LogP contribution in [0.5, 0.6) is 0 Å². The number of carbonyl (C=O) groups excluding carboxylic acids is 1. The molecule has 1 fully saturated rings. The lowest BCUT2D eigenvalue weighted by molar-refractivity contribution is -0.131. The number of hydrogen-bond acceptors (Lipinski definition) is 3. The molecule has 0 bridgehead atoms. The Labute approximate surface area is 184 Å². The van der Waals surface area contributed by atoms with E-state index >= 15 is 0 Å². The first-order valence-corrected chi connectivity index (χ1v) is 12.3. The monoisotopic (exact) mass is 446 g/mol. The minimum Gasteiger partial charge on any atom is -0.339 e. The summed E-state index contributed by atoms with van der Waals surface area (Å²) in [6, 6.07) is 12.9. The Bertz CT molecular complexity index is 967. The molecule has 0 aliphatic carbocycles. The van der Waals surface area contributed by atoms with Crippen molar-refractivity contribution in [1.82, 2.24) is 9.21 Å². The fourth-order valence-corrected chi connectivity index (χ4v) is 5.38. The molecule has 5 nitrogen and oxygen atoms in total. The number of aryl methyl sites for hydroxylation is 1. The first kappa shape index (κ1) is 23.4. The predicted molar refractivity (Wildman–Crippen MR) is 120 cm³/mol. The molecular formula is C24H31FN2O3S. The SMILES string of the molecule is CC(c1ccc(F)cc1)N(C)C(=O)CCc1ccc(S(=O)(=O)N2CCCCCC2)cc1. The van der Waals surface area contributed by atoms with E-state index in [-0.39, 0.29) is 17.8 Å². The third kappa shape index (κ3) is 5.92. The maximum Gasteiger partial charge on any atom is 0.243 e. The van der Waals surface area contributed by atoms with E-state index in [0.29, 0.717) is 30.8 Å². The van der Waals surface area contributed by atoms with Gasteiger partial charge in [0.15, 0.2) is 0 Å². The average Bonchev–Trinajstić information content (AvgIpc) is 3.07. The van der Waals surface area contributed by atoms with E-state index in [1.54, 1.807) is 52.7 Å². The zero-order valence-electron chi connectivity index (χ0n) is 18.3. The molecule has 2 aromatic rings. The summed E-state index contributed by atoms with van der Waals surface area (Å²) < 4.78 is 40.5. The highest BCUT2D eigenvalue weighted by Crippen LogP contribution is 2.22. The average molecular weight is 447 g/mol. The van der Waals surface area contributed by atoms with Crippen molar-refractivity contribution in [2.45, 2.75) is 56.4 Å². The zero-order chi connectivity index (χ0) is 22.4. The van der Waals surface area contributed by atoms with E-state index < -0.39 is 10.0 Å². The van der Waals surface area contributed by atoms with Gasteiger partial charge in [0.25, 0.3) is 0 Å². The van der Waals surface area contributed by atoms with Crippen LogP contribution in [-0.2, 0) is 21.2 Å². The molecule has 1 unspecified atom stereocenters. The molecular weight excluding hydrogens is 415 g/mol. The summed E-state index contributed by atoms with van der Waals surface area (Å²) in [5.41, 5.74) is 1.80. The van der Waals surface area contributed by atoms with E-state index in [4.69, 9.17) is 0 Å². The number of amides is 1. The van der Waals surface area contributed by atoms with Crippen molar-refractivity contribution in [3.05, 3.63) is 65.5 Å². The van der Waals surface area contributed by atoms with E-state index in [9.17, 15) is 17.6 Å². The number of sulfonamides is 1. The highest BCUT2D eigenvalue weighted by atomic mass is 32.2. The Kier molecular flexibility index (Phi) is 7.84. The number of hydrogen-bond donors (Lipinski definition) is 0. The smallest absolute Gasteiger partial charge is 0.243 e. The Morgan fingerprint density at radius 2 is 1.58 bits per heavy atom. The van der Waals surface area contributed by atoms with Gasteiger partial charge in [-0.2, -0.15) is 4.31 Å². The maximum absolute atomic E-state index is 13.1. The topological polar surface area (TPSA) is 57.7 Å². The van der Waals surface area contributed by atoms with Gasteiger partial charge in [-0.25, -0.2) is 12.8 Å². The van der Waals surface area contributed by atoms with Crippen LogP contribution in [0.1, 0.15) is 56.2 Å². The fourth-order valence-electron chi connectivity index (χ4n) is 3.87. The summed E-state index contributed by atoms with van der Waals surface area (Å²) in [7, 11) is -1.72. The molecule has 1 saturated heterocycles. The number of halogens is 1. The maximum atomic E-state index is 13.1. The molecule has 1 aliphatic heterocycles. The van der Waals surface area contributed by atoms with Crippen molar-refractivity contribution < 1.29 is 17.6 Å². The van der Waals surface area contributed by atoms with Crippen LogP contribution in [0.2, 0.25) is 0 Å². The van der Waals surface area contributed by atoms with Crippen LogP contribution < -0.4 is 0 Å². The summed E-state index contributed by atoms with van der Waals surface area (Å²) in [5.74, 6) is -0.315. The molecule has 7 heteroatoms. The summed E-state index contributed by atoms with van der Waals surface area (Å²) in [6.45, 7) is 3.07. The van der Waals surface area contributed by atoms with Crippen molar-refractivity contribution in [3.63, 3.8) is 0 Å². The molecule has 1 amide bonds. The first-order valence-electron chi connectivity index (χ1n) is 10.9. The third-order valence-corrected chi connectivity index (χ3v) is 7.99. The molecule has 0 aromatic heterocycles. The fraction of sp³-hybridized carbons (Fsp3) is 0.458. The molecule has 1 aliphatic rings. The largest absolute Gasteiger partial charge is 0.339 e. The van der Waals surface area contributed by atoms with Crippen LogP contribution in [0.15, 0.2) is 53.4 Å². The second-order valence-corrected chi connectivity index (χ2v) is 10.1. The molecule has 0 spiro atoms. The van der Waals surface area contributed by atoms with Gasteiger partial charge in [0.2, 0.25) is 15.9 Å². The second kappa shape index (κ2) is 10.4. The van der Waals surface area contributed by atoms with E-state index in [1.165, 1.54) is 12.1 Å². The predicted octanol–water partition coefficient (Wildman–Crippen LogP) is 4.54. The molecule has 0 saturated carbocycles. The van der Waals surface area contributed by atoms with E-state index in [0.717, 1.165) is 36.8 Å². The first-order chi connectivity index (χ1) is 14.8. The van der Waals surface area contributed by atoms with Crippen LogP contribution in [0.3, 0.4) is 0 Å². The zero-order valence-corrected chi connectivity index (χ0v) is 19.1. The lowest BCUT2D eigenvalue weighted by atomic mass is 10.1. The van der Waals surface area contributed by atoms with Gasteiger partial charge in [-0.15, -0.1) is 0 Å². The summed E-state index contributed by atoms with van der Waals surface area (Å²) >= 11 is 0. The van der Waals surface area contributed by atoms with Crippen LogP contribution >= 0.6 is 0 Å². The Hall–Kier alpha value is -2.25. The van der Waals surface area contributed by atoms with Gasteiger partial charge in [0.05, 0.1) is 10.9 Å². The van der Waals surface area contributed by atoms with Gasteiger partial charge in [-0.3, -0.25) is 4.79 Å². The van der Waals surface area contributed by atoms with Crippen molar-refractivity contribution in [2.75, 3.05) is 20.1 Å². The molecule has 0 radical (unpaired) electrons. The van der Waals surface area contributed by atoms with Crippen LogP contribution in [0, 0.1) is 5.82 Å². The van der Waals surface area contributed by atoms with Crippen LogP contribution in [-0.4, -0.2) is 43.7 Å². The standard InChI is InChI=1S/C24H31FN2O3S/c1-19(21-10-12-22(25)13-11-21)26(2)24(28)16-9-20-7-14-23(15-8-20)31(29,30)27-17-5-3-4-6-18-27/h7-8,10-15,19H,3-6,9,16-18H2,1-2H3.